The van der Waals surface area contributed by atoms with Crippen molar-refractivity contribution in [3.8, 4) is 11.5 Å². The molecule has 0 saturated heterocycles. The minimum absolute atomic E-state index is 0. The Morgan fingerprint density at radius 2 is 1.60 bits per heavy atom. The summed E-state index contributed by atoms with van der Waals surface area (Å²) in [5.74, 6) is 2.27. The van der Waals surface area contributed by atoms with Crippen molar-refractivity contribution in [3.63, 3.8) is 0 Å². The fourth-order valence-electron chi connectivity index (χ4n) is 2.16. The van der Waals surface area contributed by atoms with Gasteiger partial charge in [0.15, 0.2) is 0 Å². The van der Waals surface area contributed by atoms with Crippen molar-refractivity contribution in [2.75, 3.05) is 20.6 Å². The molecule has 2 aromatic carbocycles. The number of benzene rings is 2. The third-order valence-electron chi connectivity index (χ3n) is 3.05. The van der Waals surface area contributed by atoms with Crippen molar-refractivity contribution in [1.82, 2.24) is 4.90 Å². The van der Waals surface area contributed by atoms with Gasteiger partial charge < -0.3 is 9.64 Å². The molecule has 2 rings (SSSR count). The number of halogens is 1. The number of hydrogen-bond donors (Lipinski definition) is 0. The molecule has 2 nitrogen and oxygen atoms in total. The summed E-state index contributed by atoms with van der Waals surface area (Å²) in [6.45, 7) is 3.27. The Bertz CT molecular complexity index is 513. The van der Waals surface area contributed by atoms with Gasteiger partial charge >= 0.3 is 0 Å². The summed E-state index contributed by atoms with van der Waals surface area (Å²) in [5, 5.41) is 0. The molecule has 0 aliphatic carbocycles. The lowest BCUT2D eigenvalue weighted by Crippen LogP contribution is -2.18. The first-order valence-corrected chi connectivity index (χ1v) is 6.63. The van der Waals surface area contributed by atoms with Crippen LogP contribution in [0.5, 0.6) is 11.5 Å². The standard InChI is InChI=1S/C17H21NO.ClH/c1-14(13-18(2)3)15-8-7-11-17(12-15)19-16-9-5-4-6-10-16;/h4-12,14H,13H2,1-3H3;1H. The van der Waals surface area contributed by atoms with E-state index in [4.69, 9.17) is 4.74 Å². The molecule has 3 heteroatoms. The summed E-state index contributed by atoms with van der Waals surface area (Å²) >= 11 is 0. The second-order valence-electron chi connectivity index (χ2n) is 5.15. The van der Waals surface area contributed by atoms with Crippen molar-refractivity contribution in [2.45, 2.75) is 12.8 Å². The van der Waals surface area contributed by atoms with Crippen LogP contribution in [-0.2, 0) is 0 Å². The Morgan fingerprint density at radius 3 is 2.25 bits per heavy atom. The average Bonchev–Trinajstić information content (AvgIpc) is 2.39. The van der Waals surface area contributed by atoms with Gasteiger partial charge in [0.05, 0.1) is 0 Å². The molecule has 0 radical (unpaired) electrons. The molecule has 1 atom stereocenters. The van der Waals surface area contributed by atoms with E-state index in [0.717, 1.165) is 18.0 Å². The van der Waals surface area contributed by atoms with Crippen LogP contribution in [0.3, 0.4) is 0 Å². The first-order chi connectivity index (χ1) is 9.15. The predicted octanol–water partition coefficient (Wildman–Crippen LogP) is 4.57. The van der Waals surface area contributed by atoms with E-state index in [0.29, 0.717) is 5.92 Å². The number of ether oxygens (including phenoxy) is 1. The molecule has 0 spiro atoms. The second kappa shape index (κ2) is 7.93. The Labute approximate surface area is 127 Å². The minimum Gasteiger partial charge on any atom is -0.457 e. The highest BCUT2D eigenvalue weighted by Gasteiger charge is 2.08. The average molecular weight is 292 g/mol. The normalized spacial score (nSPS) is 11.8. The molecular weight excluding hydrogens is 270 g/mol. The maximum atomic E-state index is 5.86. The summed E-state index contributed by atoms with van der Waals surface area (Å²) in [7, 11) is 4.20. The number of rotatable bonds is 5. The molecule has 0 amide bonds. The van der Waals surface area contributed by atoms with Gasteiger partial charge in [-0.05, 0) is 49.8 Å². The fraction of sp³-hybridized carbons (Fsp3) is 0.294. The highest BCUT2D eigenvalue weighted by molar-refractivity contribution is 5.85. The van der Waals surface area contributed by atoms with Crippen molar-refractivity contribution < 1.29 is 4.74 Å². The fourth-order valence-corrected chi connectivity index (χ4v) is 2.16. The summed E-state index contributed by atoms with van der Waals surface area (Å²) < 4.78 is 5.86. The molecule has 20 heavy (non-hydrogen) atoms. The van der Waals surface area contributed by atoms with Crippen LogP contribution in [0.4, 0.5) is 0 Å². The Hall–Kier alpha value is -1.51. The van der Waals surface area contributed by atoms with Crippen molar-refractivity contribution >= 4 is 12.4 Å². The zero-order valence-corrected chi connectivity index (χ0v) is 13.1. The Kier molecular flexibility index (Phi) is 6.56. The van der Waals surface area contributed by atoms with Gasteiger partial charge in [-0.2, -0.15) is 0 Å². The topological polar surface area (TPSA) is 12.5 Å². The monoisotopic (exact) mass is 291 g/mol. The van der Waals surface area contributed by atoms with Gasteiger partial charge in [-0.15, -0.1) is 12.4 Å². The SMILES string of the molecule is CC(CN(C)C)c1cccc(Oc2ccccc2)c1.Cl. The number of hydrogen-bond acceptors (Lipinski definition) is 2. The van der Waals surface area contributed by atoms with Crippen LogP contribution in [0.25, 0.3) is 0 Å². The summed E-state index contributed by atoms with van der Waals surface area (Å²) in [6.07, 6.45) is 0. The maximum Gasteiger partial charge on any atom is 0.127 e. The van der Waals surface area contributed by atoms with Gasteiger partial charge in [0.2, 0.25) is 0 Å². The smallest absolute Gasteiger partial charge is 0.127 e. The molecule has 0 aliphatic heterocycles. The van der Waals surface area contributed by atoms with Gasteiger partial charge in [0.1, 0.15) is 11.5 Å². The summed E-state index contributed by atoms with van der Waals surface area (Å²) in [5.41, 5.74) is 1.31. The van der Waals surface area contributed by atoms with Crippen LogP contribution in [0, 0.1) is 0 Å². The van der Waals surface area contributed by atoms with Crippen LogP contribution < -0.4 is 4.74 Å². The molecule has 0 N–H and O–H groups in total. The molecule has 108 valence electrons. The zero-order chi connectivity index (χ0) is 13.7. The third kappa shape index (κ3) is 4.87. The molecule has 0 aliphatic rings. The first-order valence-electron chi connectivity index (χ1n) is 6.63. The van der Waals surface area contributed by atoms with E-state index in [-0.39, 0.29) is 12.4 Å². The predicted molar refractivity (Wildman–Crippen MR) is 87.2 cm³/mol. The van der Waals surface area contributed by atoms with Crippen LogP contribution in [0.1, 0.15) is 18.4 Å². The lowest BCUT2D eigenvalue weighted by atomic mass is 10.0. The molecule has 0 saturated carbocycles. The minimum atomic E-state index is 0. The van der Waals surface area contributed by atoms with E-state index in [1.54, 1.807) is 0 Å². The molecular formula is C17H22ClNO. The van der Waals surface area contributed by atoms with Gasteiger partial charge in [0, 0.05) is 6.54 Å². The van der Waals surface area contributed by atoms with E-state index >= 15 is 0 Å². The third-order valence-corrected chi connectivity index (χ3v) is 3.05. The summed E-state index contributed by atoms with van der Waals surface area (Å²) in [4.78, 5) is 2.20. The zero-order valence-electron chi connectivity index (χ0n) is 12.2. The van der Waals surface area contributed by atoms with Crippen molar-refractivity contribution in [2.24, 2.45) is 0 Å². The van der Waals surface area contributed by atoms with Gasteiger partial charge in [0.25, 0.3) is 0 Å². The van der Waals surface area contributed by atoms with Crippen molar-refractivity contribution in [3.05, 3.63) is 60.2 Å². The highest BCUT2D eigenvalue weighted by atomic mass is 35.5. The first kappa shape index (κ1) is 16.5. The van der Waals surface area contributed by atoms with Gasteiger partial charge in [-0.25, -0.2) is 0 Å². The van der Waals surface area contributed by atoms with Crippen molar-refractivity contribution in [1.29, 1.82) is 0 Å². The van der Waals surface area contributed by atoms with Crippen LogP contribution >= 0.6 is 12.4 Å². The quantitative estimate of drug-likeness (QED) is 0.800. The largest absolute Gasteiger partial charge is 0.457 e. The van der Waals surface area contributed by atoms with E-state index in [9.17, 15) is 0 Å². The molecule has 2 aromatic rings. The van der Waals surface area contributed by atoms with Crippen LogP contribution in [0.2, 0.25) is 0 Å². The highest BCUT2D eigenvalue weighted by Crippen LogP contribution is 2.25. The maximum absolute atomic E-state index is 5.86. The Morgan fingerprint density at radius 1 is 0.950 bits per heavy atom. The van der Waals surface area contributed by atoms with E-state index in [1.807, 2.05) is 36.4 Å². The number of nitrogens with zero attached hydrogens (tertiary/aromatic N) is 1. The molecule has 0 aromatic heterocycles. The molecule has 1 unspecified atom stereocenters. The Balaban J connectivity index is 0.00000200. The summed E-state index contributed by atoms with van der Waals surface area (Å²) in [6, 6.07) is 18.2. The molecule has 0 fully saturated rings. The van der Waals surface area contributed by atoms with Crippen LogP contribution in [-0.4, -0.2) is 25.5 Å². The number of para-hydroxylation sites is 1. The van der Waals surface area contributed by atoms with E-state index in [1.165, 1.54) is 5.56 Å². The van der Waals surface area contributed by atoms with Gasteiger partial charge in [-0.1, -0.05) is 37.3 Å². The molecule has 0 heterocycles. The van der Waals surface area contributed by atoms with E-state index in [2.05, 4.69) is 44.1 Å². The van der Waals surface area contributed by atoms with Gasteiger partial charge in [-0.3, -0.25) is 0 Å². The lowest BCUT2D eigenvalue weighted by molar-refractivity contribution is 0.382. The lowest BCUT2D eigenvalue weighted by Gasteiger charge is -2.18. The van der Waals surface area contributed by atoms with E-state index < -0.39 is 0 Å². The molecule has 0 bridgehead atoms. The second-order valence-corrected chi connectivity index (χ2v) is 5.15. The van der Waals surface area contributed by atoms with Crippen LogP contribution in [0.15, 0.2) is 54.6 Å². The number of likely N-dealkylation sites (N-methyl/N-ethyl adjacent to an activating group) is 1.